The van der Waals surface area contributed by atoms with Crippen LogP contribution in [0.4, 0.5) is 0 Å². The second-order valence-corrected chi connectivity index (χ2v) is 3.35. The second-order valence-electron chi connectivity index (χ2n) is 3.35. The summed E-state index contributed by atoms with van der Waals surface area (Å²) >= 11 is 0. The molecule has 0 fully saturated rings. The maximum absolute atomic E-state index is 10.7. The molecule has 2 N–H and O–H groups in total. The van der Waals surface area contributed by atoms with Gasteiger partial charge in [0, 0.05) is 7.05 Å². The Balaban J connectivity index is 0.00000128. The van der Waals surface area contributed by atoms with Gasteiger partial charge in [-0.15, -0.1) is 17.0 Å². The summed E-state index contributed by atoms with van der Waals surface area (Å²) in [6, 6.07) is 7.38. The molecule has 1 aromatic heterocycles. The van der Waals surface area contributed by atoms with Crippen LogP contribution in [0.15, 0.2) is 24.3 Å². The minimum atomic E-state index is -0.940. The number of fused-ring (bicyclic) bond motifs is 1. The van der Waals surface area contributed by atoms with Gasteiger partial charge in [-0.1, -0.05) is 12.1 Å². The van der Waals surface area contributed by atoms with Gasteiger partial charge in [0.2, 0.25) is 5.62 Å². The lowest BCUT2D eigenvalue weighted by molar-refractivity contribution is -0.137. The van der Waals surface area contributed by atoms with Crippen molar-refractivity contribution in [3.05, 3.63) is 29.9 Å². The number of carbonyl (C=O) groups is 1. The number of aryl methyl sites for hydroxylation is 1. The van der Waals surface area contributed by atoms with Gasteiger partial charge in [0.25, 0.3) is 0 Å². The van der Waals surface area contributed by atoms with Crippen LogP contribution in [-0.4, -0.2) is 20.2 Å². The van der Waals surface area contributed by atoms with E-state index < -0.39 is 5.97 Å². The molecule has 86 valence electrons. The molecule has 1 aromatic carbocycles. The van der Waals surface area contributed by atoms with Crippen molar-refractivity contribution in [2.75, 3.05) is 0 Å². The maximum atomic E-state index is 10.7. The molecular formula is C10H12BrN3O2. The zero-order valence-corrected chi connectivity index (χ0v) is 10.4. The van der Waals surface area contributed by atoms with Crippen molar-refractivity contribution in [1.82, 2.24) is 9.13 Å². The molecule has 0 amide bonds. The molecule has 1 heterocycles. The molecule has 0 saturated carbocycles. The van der Waals surface area contributed by atoms with Crippen LogP contribution in [-0.2, 0) is 18.4 Å². The third kappa shape index (κ3) is 1.88. The predicted octanol–water partition coefficient (Wildman–Crippen LogP) is 1.12. The molecule has 0 unspecified atom stereocenters. The average Bonchev–Trinajstić information content (AvgIpc) is 2.44. The third-order valence-electron chi connectivity index (χ3n) is 2.40. The fourth-order valence-corrected chi connectivity index (χ4v) is 1.68. The molecule has 0 atom stereocenters. The number of aromatic nitrogens is 2. The number of nitrogens with zero attached hydrogens (tertiary/aromatic N) is 2. The summed E-state index contributed by atoms with van der Waals surface area (Å²) in [6.07, 6.45) is 0. The van der Waals surface area contributed by atoms with Crippen LogP contribution in [0.2, 0.25) is 0 Å². The van der Waals surface area contributed by atoms with Gasteiger partial charge in [0.1, 0.15) is 6.54 Å². The number of hydrogen-bond acceptors (Lipinski definition) is 2. The molecular weight excluding hydrogens is 274 g/mol. The number of nitrogens with one attached hydrogen (secondary N) is 1. The molecule has 0 aliphatic heterocycles. The van der Waals surface area contributed by atoms with Gasteiger partial charge in [0.05, 0.1) is 11.0 Å². The number of halogens is 1. The number of para-hydroxylation sites is 2. The monoisotopic (exact) mass is 285 g/mol. The number of carboxylic acid groups (broad SMARTS) is 1. The van der Waals surface area contributed by atoms with Gasteiger partial charge in [-0.2, -0.15) is 0 Å². The Hall–Kier alpha value is -1.56. The van der Waals surface area contributed by atoms with Crippen LogP contribution in [0.25, 0.3) is 11.0 Å². The van der Waals surface area contributed by atoms with Crippen LogP contribution in [0.5, 0.6) is 0 Å². The van der Waals surface area contributed by atoms with Crippen molar-refractivity contribution in [2.45, 2.75) is 6.54 Å². The SMILES string of the molecule is Br.Cn1c(=N)n(CC(=O)O)c2ccccc21. The smallest absolute Gasteiger partial charge is 0.323 e. The number of carboxylic acids is 1. The highest BCUT2D eigenvalue weighted by Gasteiger charge is 2.09. The van der Waals surface area contributed by atoms with Crippen molar-refractivity contribution < 1.29 is 9.90 Å². The van der Waals surface area contributed by atoms with Gasteiger partial charge in [-0.05, 0) is 12.1 Å². The summed E-state index contributed by atoms with van der Waals surface area (Å²) < 4.78 is 3.13. The standard InChI is InChI=1S/C10H11N3O2.BrH/c1-12-7-4-2-3-5-8(7)13(10(12)11)6-9(14)15;/h2-5,11H,6H2,1H3,(H,14,15);1H. The van der Waals surface area contributed by atoms with Crippen LogP contribution < -0.4 is 5.62 Å². The summed E-state index contributed by atoms with van der Waals surface area (Å²) in [4.78, 5) is 10.7. The maximum Gasteiger partial charge on any atom is 0.323 e. The van der Waals surface area contributed by atoms with E-state index in [1.54, 1.807) is 11.6 Å². The van der Waals surface area contributed by atoms with E-state index in [0.29, 0.717) is 0 Å². The Morgan fingerprint density at radius 1 is 1.38 bits per heavy atom. The second kappa shape index (κ2) is 4.52. The van der Waals surface area contributed by atoms with E-state index in [9.17, 15) is 4.79 Å². The third-order valence-corrected chi connectivity index (χ3v) is 2.40. The highest BCUT2D eigenvalue weighted by atomic mass is 79.9. The molecule has 0 spiro atoms. The summed E-state index contributed by atoms with van der Waals surface area (Å²) in [6.45, 7) is -0.180. The Morgan fingerprint density at radius 2 is 1.94 bits per heavy atom. The van der Waals surface area contributed by atoms with E-state index in [1.165, 1.54) is 4.57 Å². The van der Waals surface area contributed by atoms with E-state index >= 15 is 0 Å². The topological polar surface area (TPSA) is 71.0 Å². The fraction of sp³-hybridized carbons (Fsp3) is 0.200. The molecule has 0 saturated heterocycles. The lowest BCUT2D eigenvalue weighted by Crippen LogP contribution is -2.25. The van der Waals surface area contributed by atoms with Gasteiger partial charge < -0.3 is 9.67 Å². The molecule has 2 aromatic rings. The molecule has 5 nitrogen and oxygen atoms in total. The Labute approximate surface area is 102 Å². The van der Waals surface area contributed by atoms with Crippen LogP contribution >= 0.6 is 17.0 Å². The van der Waals surface area contributed by atoms with Crippen molar-refractivity contribution in [2.24, 2.45) is 7.05 Å². The Kier molecular flexibility index (Phi) is 3.54. The van der Waals surface area contributed by atoms with E-state index in [-0.39, 0.29) is 29.1 Å². The summed E-state index contributed by atoms with van der Waals surface area (Å²) in [7, 11) is 1.75. The molecule has 0 bridgehead atoms. The average molecular weight is 286 g/mol. The number of benzene rings is 1. The molecule has 0 aliphatic carbocycles. The first-order valence-electron chi connectivity index (χ1n) is 4.52. The molecule has 0 aliphatic rings. The highest BCUT2D eigenvalue weighted by molar-refractivity contribution is 8.93. The van der Waals surface area contributed by atoms with Gasteiger partial charge in [0.15, 0.2) is 0 Å². The number of rotatable bonds is 2. The predicted molar refractivity (Wildman–Crippen MR) is 64.7 cm³/mol. The molecule has 0 radical (unpaired) electrons. The molecule has 16 heavy (non-hydrogen) atoms. The Bertz CT molecular complexity index is 585. The zero-order chi connectivity index (χ0) is 11.0. The van der Waals surface area contributed by atoms with E-state index in [0.717, 1.165) is 11.0 Å². The minimum absolute atomic E-state index is 0. The lowest BCUT2D eigenvalue weighted by Gasteiger charge is -1.98. The number of imidazole rings is 1. The molecule has 2 rings (SSSR count). The first kappa shape index (κ1) is 12.5. The summed E-state index contributed by atoms with van der Waals surface area (Å²) in [5, 5.41) is 16.5. The largest absolute Gasteiger partial charge is 0.480 e. The number of hydrogen-bond donors (Lipinski definition) is 2. The highest BCUT2D eigenvalue weighted by Crippen LogP contribution is 2.10. The van der Waals surface area contributed by atoms with Crippen molar-refractivity contribution in [3.63, 3.8) is 0 Å². The van der Waals surface area contributed by atoms with E-state index in [1.807, 2.05) is 24.3 Å². The quantitative estimate of drug-likeness (QED) is 0.868. The minimum Gasteiger partial charge on any atom is -0.480 e. The van der Waals surface area contributed by atoms with Crippen LogP contribution in [0.1, 0.15) is 0 Å². The van der Waals surface area contributed by atoms with E-state index in [4.69, 9.17) is 10.5 Å². The van der Waals surface area contributed by atoms with Crippen molar-refractivity contribution in [1.29, 1.82) is 5.41 Å². The van der Waals surface area contributed by atoms with Crippen molar-refractivity contribution in [3.8, 4) is 0 Å². The van der Waals surface area contributed by atoms with Crippen LogP contribution in [0, 0.1) is 5.41 Å². The normalized spacial score (nSPS) is 10.1. The lowest BCUT2D eigenvalue weighted by atomic mass is 10.3. The van der Waals surface area contributed by atoms with Crippen molar-refractivity contribution >= 4 is 34.0 Å². The van der Waals surface area contributed by atoms with Crippen LogP contribution in [0.3, 0.4) is 0 Å². The summed E-state index contributed by atoms with van der Waals surface area (Å²) in [5.41, 5.74) is 1.83. The summed E-state index contributed by atoms with van der Waals surface area (Å²) in [5.74, 6) is -0.940. The first-order valence-corrected chi connectivity index (χ1v) is 4.52. The van der Waals surface area contributed by atoms with Gasteiger partial charge in [-0.3, -0.25) is 14.8 Å². The first-order chi connectivity index (χ1) is 7.11. The molecule has 6 heteroatoms. The van der Waals surface area contributed by atoms with Gasteiger partial charge in [-0.25, -0.2) is 0 Å². The Morgan fingerprint density at radius 3 is 2.50 bits per heavy atom. The zero-order valence-electron chi connectivity index (χ0n) is 8.67. The van der Waals surface area contributed by atoms with Gasteiger partial charge >= 0.3 is 5.97 Å². The van der Waals surface area contributed by atoms with E-state index in [2.05, 4.69) is 0 Å². The number of aliphatic carboxylic acids is 1. The fourth-order valence-electron chi connectivity index (χ4n) is 1.68.